The number of nitroso groups, excluding NO2 is 1. The van der Waals surface area contributed by atoms with Crippen LogP contribution in [0.25, 0.3) is 21.8 Å². The van der Waals surface area contributed by atoms with Crippen molar-refractivity contribution < 1.29 is 9.50 Å². The standard InChI is InChI=1S/C18H12FN3O2/c19-14-8-4-1-5-11(14)9-22-10-20-16-15(21-24)12-6-2-3-7-13(12)18(23)17(16)22/h1-8,10,23H,9H2. The number of nitrogens with zero attached hydrogens (tertiary/aromatic N) is 3. The maximum absolute atomic E-state index is 13.9. The highest BCUT2D eigenvalue weighted by molar-refractivity contribution is 6.12. The fourth-order valence-electron chi connectivity index (χ4n) is 2.98. The van der Waals surface area contributed by atoms with Crippen LogP contribution >= 0.6 is 0 Å². The molecule has 0 aliphatic heterocycles. The molecule has 4 aromatic rings. The van der Waals surface area contributed by atoms with Crippen molar-refractivity contribution in [3.63, 3.8) is 0 Å². The van der Waals surface area contributed by atoms with E-state index in [1.54, 1.807) is 47.0 Å². The number of hydrogen-bond donors (Lipinski definition) is 1. The molecular formula is C18H12FN3O2. The predicted octanol–water partition coefficient (Wildman–Crippen LogP) is 4.48. The molecule has 0 fully saturated rings. The number of phenols is 1. The van der Waals surface area contributed by atoms with Crippen molar-refractivity contribution in [2.24, 2.45) is 5.18 Å². The molecule has 0 aliphatic carbocycles. The Balaban J connectivity index is 2.01. The highest BCUT2D eigenvalue weighted by atomic mass is 19.1. The number of rotatable bonds is 3. The molecule has 1 N–H and O–H groups in total. The third-order valence-corrected chi connectivity index (χ3v) is 4.11. The van der Waals surface area contributed by atoms with Crippen molar-refractivity contribution in [2.45, 2.75) is 6.54 Å². The van der Waals surface area contributed by atoms with Gasteiger partial charge < -0.3 is 9.67 Å². The van der Waals surface area contributed by atoms with Gasteiger partial charge in [0.15, 0.2) is 0 Å². The number of aromatic nitrogens is 2. The first-order valence-electron chi connectivity index (χ1n) is 7.36. The first-order chi connectivity index (χ1) is 11.7. The summed E-state index contributed by atoms with van der Waals surface area (Å²) in [4.78, 5) is 15.5. The fourth-order valence-corrected chi connectivity index (χ4v) is 2.98. The van der Waals surface area contributed by atoms with Crippen LogP contribution in [0.2, 0.25) is 0 Å². The maximum atomic E-state index is 13.9. The van der Waals surface area contributed by atoms with Crippen LogP contribution in [-0.4, -0.2) is 14.7 Å². The van der Waals surface area contributed by atoms with Crippen molar-refractivity contribution >= 4 is 27.5 Å². The summed E-state index contributed by atoms with van der Waals surface area (Å²) in [5.74, 6) is -0.338. The van der Waals surface area contributed by atoms with Crippen LogP contribution in [0.3, 0.4) is 0 Å². The van der Waals surface area contributed by atoms with Crippen LogP contribution in [0.15, 0.2) is 60.0 Å². The zero-order valence-electron chi connectivity index (χ0n) is 12.5. The van der Waals surface area contributed by atoms with E-state index in [0.29, 0.717) is 27.4 Å². The van der Waals surface area contributed by atoms with E-state index in [2.05, 4.69) is 10.2 Å². The average molecular weight is 321 g/mol. The number of fused-ring (bicyclic) bond motifs is 2. The van der Waals surface area contributed by atoms with E-state index in [9.17, 15) is 14.4 Å². The minimum Gasteiger partial charge on any atom is -0.505 e. The third-order valence-electron chi connectivity index (χ3n) is 4.11. The van der Waals surface area contributed by atoms with Gasteiger partial charge in [-0.25, -0.2) is 9.37 Å². The highest BCUT2D eigenvalue weighted by Crippen LogP contribution is 2.41. The van der Waals surface area contributed by atoms with Gasteiger partial charge in [-0.1, -0.05) is 42.5 Å². The van der Waals surface area contributed by atoms with Gasteiger partial charge in [0.05, 0.1) is 12.9 Å². The molecule has 1 heterocycles. The van der Waals surface area contributed by atoms with E-state index >= 15 is 0 Å². The number of phenolic OH excluding ortho intramolecular Hbond substituents is 1. The van der Waals surface area contributed by atoms with E-state index in [4.69, 9.17) is 0 Å². The molecule has 6 heteroatoms. The van der Waals surface area contributed by atoms with E-state index < -0.39 is 0 Å². The molecule has 4 rings (SSSR count). The summed E-state index contributed by atoms with van der Waals surface area (Å²) < 4.78 is 15.5. The summed E-state index contributed by atoms with van der Waals surface area (Å²) >= 11 is 0. The molecule has 0 spiro atoms. The number of hydrogen-bond acceptors (Lipinski definition) is 4. The zero-order valence-corrected chi connectivity index (χ0v) is 12.5. The summed E-state index contributed by atoms with van der Waals surface area (Å²) in [5, 5.41) is 14.8. The number of halogens is 1. The van der Waals surface area contributed by atoms with Gasteiger partial charge in [0.1, 0.15) is 28.3 Å². The molecule has 0 saturated carbocycles. The van der Waals surface area contributed by atoms with Gasteiger partial charge in [-0.2, -0.15) is 0 Å². The summed E-state index contributed by atoms with van der Waals surface area (Å²) in [7, 11) is 0. The SMILES string of the molecule is O=Nc1c2ccccc2c(O)c2c1ncn2Cc1ccccc1F. The molecule has 0 atom stereocenters. The van der Waals surface area contributed by atoms with Crippen LogP contribution in [0.1, 0.15) is 5.56 Å². The summed E-state index contributed by atoms with van der Waals surface area (Å²) in [6, 6.07) is 13.3. The van der Waals surface area contributed by atoms with Crippen molar-refractivity contribution in [1.29, 1.82) is 0 Å². The molecule has 5 nitrogen and oxygen atoms in total. The number of benzene rings is 3. The summed E-state index contributed by atoms with van der Waals surface area (Å²) in [6.07, 6.45) is 1.48. The van der Waals surface area contributed by atoms with Gasteiger partial charge in [-0.05, 0) is 11.2 Å². The Kier molecular flexibility index (Phi) is 3.23. The van der Waals surface area contributed by atoms with Gasteiger partial charge in [0, 0.05) is 16.3 Å². The Morgan fingerprint density at radius 3 is 2.54 bits per heavy atom. The van der Waals surface area contributed by atoms with E-state index in [1.165, 1.54) is 12.4 Å². The highest BCUT2D eigenvalue weighted by Gasteiger charge is 2.19. The van der Waals surface area contributed by atoms with Gasteiger partial charge in [0.25, 0.3) is 0 Å². The molecule has 0 saturated heterocycles. The second-order valence-corrected chi connectivity index (χ2v) is 5.50. The van der Waals surface area contributed by atoms with Crippen molar-refractivity contribution in [1.82, 2.24) is 9.55 Å². The lowest BCUT2D eigenvalue weighted by Crippen LogP contribution is -2.00. The van der Waals surface area contributed by atoms with Crippen molar-refractivity contribution in [2.75, 3.05) is 0 Å². The maximum Gasteiger partial charge on any atom is 0.149 e. The Morgan fingerprint density at radius 2 is 1.79 bits per heavy atom. The number of aromatic hydroxyl groups is 1. The van der Waals surface area contributed by atoms with Crippen molar-refractivity contribution in [3.8, 4) is 5.75 Å². The average Bonchev–Trinajstić information content (AvgIpc) is 3.01. The second kappa shape index (κ2) is 5.42. The summed E-state index contributed by atoms with van der Waals surface area (Å²) in [5.41, 5.74) is 1.31. The molecule has 0 bridgehead atoms. The lowest BCUT2D eigenvalue weighted by Gasteiger charge is -2.09. The largest absolute Gasteiger partial charge is 0.505 e. The Morgan fingerprint density at radius 1 is 1.08 bits per heavy atom. The lowest BCUT2D eigenvalue weighted by molar-refractivity contribution is 0.484. The number of imidazole rings is 1. The quantitative estimate of drug-likeness (QED) is 0.566. The monoisotopic (exact) mass is 321 g/mol. The Bertz CT molecular complexity index is 1090. The molecule has 0 unspecified atom stereocenters. The minimum absolute atomic E-state index is 0.00170. The molecule has 3 aromatic carbocycles. The zero-order chi connectivity index (χ0) is 16.7. The smallest absolute Gasteiger partial charge is 0.149 e. The van der Waals surface area contributed by atoms with Gasteiger partial charge in [-0.15, -0.1) is 4.91 Å². The normalized spacial score (nSPS) is 11.2. The van der Waals surface area contributed by atoms with Crippen LogP contribution in [0.5, 0.6) is 5.75 Å². The second-order valence-electron chi connectivity index (χ2n) is 5.50. The Hall–Kier alpha value is -3.28. The third kappa shape index (κ3) is 2.04. The van der Waals surface area contributed by atoms with Crippen LogP contribution < -0.4 is 0 Å². The van der Waals surface area contributed by atoms with Crippen LogP contribution in [0.4, 0.5) is 10.1 Å². The molecule has 0 aliphatic rings. The molecule has 1 aromatic heterocycles. The van der Waals surface area contributed by atoms with Gasteiger partial charge in [-0.3, -0.25) is 0 Å². The van der Waals surface area contributed by atoms with Crippen molar-refractivity contribution in [3.05, 3.63) is 71.1 Å². The Labute approximate surface area is 136 Å². The first kappa shape index (κ1) is 14.3. The molecular weight excluding hydrogens is 309 g/mol. The fraction of sp³-hybridized carbons (Fsp3) is 0.0556. The molecule has 0 radical (unpaired) electrons. The predicted molar refractivity (Wildman–Crippen MR) is 89.9 cm³/mol. The summed E-state index contributed by atoms with van der Waals surface area (Å²) in [6.45, 7) is 0.188. The van der Waals surface area contributed by atoms with Crippen LogP contribution in [-0.2, 0) is 6.54 Å². The molecule has 118 valence electrons. The topological polar surface area (TPSA) is 67.5 Å². The molecule has 0 amide bonds. The van der Waals surface area contributed by atoms with Crippen LogP contribution in [0, 0.1) is 10.7 Å². The molecule has 24 heavy (non-hydrogen) atoms. The van der Waals surface area contributed by atoms with E-state index in [1.807, 2.05) is 0 Å². The van der Waals surface area contributed by atoms with Gasteiger partial charge >= 0.3 is 0 Å². The van der Waals surface area contributed by atoms with E-state index in [0.717, 1.165) is 0 Å². The lowest BCUT2D eigenvalue weighted by atomic mass is 10.1. The first-order valence-corrected chi connectivity index (χ1v) is 7.36. The van der Waals surface area contributed by atoms with E-state index in [-0.39, 0.29) is 23.8 Å². The minimum atomic E-state index is -0.339. The van der Waals surface area contributed by atoms with Gasteiger partial charge in [0.2, 0.25) is 0 Å².